The molecular formula is C28H26N2O8. The highest BCUT2D eigenvalue weighted by Gasteiger charge is 2.60. The Morgan fingerprint density at radius 3 is 2.39 bits per heavy atom. The summed E-state index contributed by atoms with van der Waals surface area (Å²) in [5.74, 6) is -7.28. The van der Waals surface area contributed by atoms with Gasteiger partial charge in [-0.25, -0.2) is 0 Å². The van der Waals surface area contributed by atoms with Crippen molar-refractivity contribution in [2.75, 3.05) is 5.32 Å². The Bertz CT molecular complexity index is 1490. The minimum Gasteiger partial charge on any atom is -0.508 e. The molecule has 3 aliphatic rings. The predicted molar refractivity (Wildman–Crippen MR) is 135 cm³/mol. The fraction of sp³-hybridized carbons (Fsp3) is 0.286. The van der Waals surface area contributed by atoms with Gasteiger partial charge in [0, 0.05) is 23.6 Å². The van der Waals surface area contributed by atoms with Crippen molar-refractivity contribution in [2.24, 2.45) is 17.6 Å². The third-order valence-corrected chi connectivity index (χ3v) is 7.71. The van der Waals surface area contributed by atoms with Crippen LogP contribution in [0.15, 0.2) is 53.3 Å². The SMILES string of the molecule is Cc1ccc(CC(=O)Nc2ccc(O)c3c2C[C@H]2C[C@H]4CC(=O)C(C(N)=O)=C(O)[C@@]4(O)C(=O)C2=C3O)cc1. The van der Waals surface area contributed by atoms with E-state index in [1.165, 1.54) is 12.1 Å². The van der Waals surface area contributed by atoms with E-state index in [4.69, 9.17) is 5.73 Å². The van der Waals surface area contributed by atoms with Gasteiger partial charge in [0.2, 0.25) is 11.7 Å². The molecule has 10 heteroatoms. The number of ketones is 2. The molecule has 0 aliphatic heterocycles. The highest BCUT2D eigenvalue weighted by Crippen LogP contribution is 2.52. The molecule has 0 bridgehead atoms. The third kappa shape index (κ3) is 3.76. The molecule has 0 aromatic heterocycles. The van der Waals surface area contributed by atoms with Crippen LogP contribution < -0.4 is 11.1 Å². The molecule has 2 aromatic carbocycles. The van der Waals surface area contributed by atoms with Gasteiger partial charge < -0.3 is 31.5 Å². The molecule has 0 heterocycles. The van der Waals surface area contributed by atoms with Crippen LogP contribution in [0.25, 0.3) is 5.76 Å². The maximum absolute atomic E-state index is 13.5. The van der Waals surface area contributed by atoms with Crippen molar-refractivity contribution in [3.05, 3.63) is 75.6 Å². The lowest BCUT2D eigenvalue weighted by Gasteiger charge is -2.46. The highest BCUT2D eigenvalue weighted by atomic mass is 16.3. The molecule has 1 fully saturated rings. The van der Waals surface area contributed by atoms with Gasteiger partial charge in [0.1, 0.15) is 22.8 Å². The standard InChI is InChI=1S/C28H26N2O8/c1-12-2-4-13(5-3-12)8-20(33)30-17-6-7-18(31)22-16(17)10-14-9-15-11-19(32)23(27(29)37)26(36)28(15,38)25(35)21(14)24(22)34/h2-7,14-15,31,34,36,38H,8-11H2,1H3,(H2,29,37)(H,30,33)/t14-,15+,28+/m1/s1. The number of carbonyl (C=O) groups is 4. The van der Waals surface area contributed by atoms with Crippen LogP contribution in [0.4, 0.5) is 5.69 Å². The Hall–Kier alpha value is -4.44. The van der Waals surface area contributed by atoms with Gasteiger partial charge in [-0.05, 0) is 48.9 Å². The molecule has 1 saturated carbocycles. The van der Waals surface area contributed by atoms with Gasteiger partial charge >= 0.3 is 0 Å². The average molecular weight is 519 g/mol. The summed E-state index contributed by atoms with van der Waals surface area (Å²) in [6.07, 6.45) is -0.198. The number of Topliss-reactive ketones (excluding diaryl/α,β-unsaturated/α-hetero) is 2. The van der Waals surface area contributed by atoms with Gasteiger partial charge in [0.05, 0.1) is 12.0 Å². The first-order valence-corrected chi connectivity index (χ1v) is 12.1. The van der Waals surface area contributed by atoms with E-state index in [-0.39, 0.29) is 42.1 Å². The van der Waals surface area contributed by atoms with Crippen molar-refractivity contribution in [3.63, 3.8) is 0 Å². The predicted octanol–water partition coefficient (Wildman–Crippen LogP) is 1.91. The molecule has 3 aliphatic carbocycles. The van der Waals surface area contributed by atoms with Crippen LogP contribution in [0.1, 0.15) is 35.1 Å². The number of carbonyl (C=O) groups excluding carboxylic acids is 4. The summed E-state index contributed by atoms with van der Waals surface area (Å²) >= 11 is 0. The molecule has 38 heavy (non-hydrogen) atoms. The zero-order chi connectivity index (χ0) is 27.5. The van der Waals surface area contributed by atoms with Crippen molar-refractivity contribution < 1.29 is 39.6 Å². The Labute approximate surface area is 217 Å². The molecule has 0 saturated heterocycles. The fourth-order valence-electron chi connectivity index (χ4n) is 5.82. The summed E-state index contributed by atoms with van der Waals surface area (Å²) in [6, 6.07) is 10.2. The lowest BCUT2D eigenvalue weighted by Crippen LogP contribution is -2.58. The van der Waals surface area contributed by atoms with E-state index in [9.17, 15) is 39.6 Å². The van der Waals surface area contributed by atoms with E-state index < -0.39 is 58.4 Å². The summed E-state index contributed by atoms with van der Waals surface area (Å²) in [5, 5.41) is 46.5. The molecule has 10 nitrogen and oxygen atoms in total. The molecule has 0 spiro atoms. The molecule has 3 atom stereocenters. The van der Waals surface area contributed by atoms with Gasteiger partial charge in [0.15, 0.2) is 11.4 Å². The second-order valence-corrected chi connectivity index (χ2v) is 10.1. The number of hydrogen-bond donors (Lipinski definition) is 6. The highest BCUT2D eigenvalue weighted by molar-refractivity contribution is 6.22. The number of aromatic hydroxyl groups is 1. The van der Waals surface area contributed by atoms with Crippen LogP contribution in [0.2, 0.25) is 0 Å². The van der Waals surface area contributed by atoms with Crippen molar-refractivity contribution in [1.82, 2.24) is 0 Å². The Morgan fingerprint density at radius 2 is 1.74 bits per heavy atom. The van der Waals surface area contributed by atoms with Crippen LogP contribution in [0.5, 0.6) is 5.75 Å². The minimum atomic E-state index is -2.62. The number of fused-ring (bicyclic) bond motifs is 3. The Balaban J connectivity index is 1.54. The first kappa shape index (κ1) is 25.2. The van der Waals surface area contributed by atoms with E-state index >= 15 is 0 Å². The van der Waals surface area contributed by atoms with Crippen molar-refractivity contribution in [2.45, 2.75) is 38.2 Å². The minimum absolute atomic E-state index is 0.00925. The molecule has 0 radical (unpaired) electrons. The number of aliphatic hydroxyl groups is 3. The number of aryl methyl sites for hydroxylation is 1. The number of hydrogen-bond acceptors (Lipinski definition) is 8. The number of rotatable bonds is 4. The fourth-order valence-corrected chi connectivity index (χ4v) is 5.82. The molecule has 2 amide bonds. The number of primary amides is 1. The number of phenolic OH excluding ortho intramolecular Hbond substituents is 1. The average Bonchev–Trinajstić information content (AvgIpc) is 2.84. The molecule has 196 valence electrons. The van der Waals surface area contributed by atoms with Crippen LogP contribution in [-0.4, -0.2) is 49.4 Å². The van der Waals surface area contributed by atoms with E-state index in [0.717, 1.165) is 11.1 Å². The number of nitrogens with one attached hydrogen (secondary N) is 1. The summed E-state index contributed by atoms with van der Waals surface area (Å²) in [4.78, 5) is 50.6. The van der Waals surface area contributed by atoms with E-state index in [1.807, 2.05) is 31.2 Å². The monoisotopic (exact) mass is 518 g/mol. The number of phenols is 1. The largest absolute Gasteiger partial charge is 0.508 e. The summed E-state index contributed by atoms with van der Waals surface area (Å²) in [5.41, 5.74) is 4.02. The number of aliphatic hydroxyl groups excluding tert-OH is 2. The van der Waals surface area contributed by atoms with Crippen LogP contribution in [0, 0.1) is 18.8 Å². The van der Waals surface area contributed by atoms with Crippen LogP contribution in [-0.2, 0) is 32.0 Å². The molecule has 5 rings (SSSR count). The van der Waals surface area contributed by atoms with Gasteiger partial charge in [-0.3, -0.25) is 19.2 Å². The quantitative estimate of drug-likeness (QED) is 0.261. The number of anilines is 1. The van der Waals surface area contributed by atoms with Gasteiger partial charge in [-0.1, -0.05) is 29.8 Å². The number of amides is 2. The third-order valence-electron chi connectivity index (χ3n) is 7.71. The Kier molecular flexibility index (Phi) is 5.87. The normalized spacial score (nSPS) is 24.5. The second kappa shape index (κ2) is 8.84. The molecule has 0 unspecified atom stereocenters. The maximum atomic E-state index is 13.5. The number of nitrogens with two attached hydrogens (primary N) is 1. The zero-order valence-electron chi connectivity index (χ0n) is 20.4. The first-order valence-electron chi connectivity index (χ1n) is 12.1. The lowest BCUT2D eigenvalue weighted by atomic mass is 9.59. The molecular weight excluding hydrogens is 492 g/mol. The zero-order valence-corrected chi connectivity index (χ0v) is 20.4. The van der Waals surface area contributed by atoms with E-state index in [0.29, 0.717) is 11.3 Å². The van der Waals surface area contributed by atoms with Crippen LogP contribution >= 0.6 is 0 Å². The van der Waals surface area contributed by atoms with Gasteiger partial charge in [-0.15, -0.1) is 0 Å². The van der Waals surface area contributed by atoms with E-state index in [1.54, 1.807) is 0 Å². The van der Waals surface area contributed by atoms with Crippen LogP contribution in [0.3, 0.4) is 0 Å². The van der Waals surface area contributed by atoms with Gasteiger partial charge in [0.25, 0.3) is 5.91 Å². The van der Waals surface area contributed by atoms with E-state index in [2.05, 4.69) is 5.32 Å². The molecule has 2 aromatic rings. The maximum Gasteiger partial charge on any atom is 0.255 e. The van der Waals surface area contributed by atoms with Crippen molar-refractivity contribution >= 4 is 34.8 Å². The molecule has 7 N–H and O–H groups in total. The Morgan fingerprint density at radius 1 is 1.05 bits per heavy atom. The summed E-state index contributed by atoms with van der Waals surface area (Å²) in [7, 11) is 0. The number of benzene rings is 2. The topological polar surface area (TPSA) is 187 Å². The lowest BCUT2D eigenvalue weighted by molar-refractivity contribution is -0.147. The van der Waals surface area contributed by atoms with Gasteiger partial charge in [-0.2, -0.15) is 0 Å². The summed E-state index contributed by atoms with van der Waals surface area (Å²) in [6.45, 7) is 1.94. The first-order chi connectivity index (χ1) is 17.9. The second-order valence-electron chi connectivity index (χ2n) is 10.1. The summed E-state index contributed by atoms with van der Waals surface area (Å²) < 4.78 is 0. The van der Waals surface area contributed by atoms with Crippen molar-refractivity contribution in [1.29, 1.82) is 0 Å². The van der Waals surface area contributed by atoms with Crippen molar-refractivity contribution in [3.8, 4) is 5.75 Å². The smallest absolute Gasteiger partial charge is 0.255 e.